The fraction of sp³-hybridized carbons (Fsp3) is 0.500. The van der Waals surface area contributed by atoms with Gasteiger partial charge in [0.05, 0.1) is 24.0 Å². The first kappa shape index (κ1) is 11.9. The third-order valence-electron chi connectivity index (χ3n) is 2.98. The van der Waals surface area contributed by atoms with Crippen LogP contribution in [0.15, 0.2) is 18.3 Å². The van der Waals surface area contributed by atoms with Gasteiger partial charge < -0.3 is 15.8 Å². The molecule has 5 nitrogen and oxygen atoms in total. The van der Waals surface area contributed by atoms with E-state index in [9.17, 15) is 4.79 Å². The molecule has 1 aromatic heterocycles. The van der Waals surface area contributed by atoms with Gasteiger partial charge in [-0.05, 0) is 32.3 Å². The lowest BCUT2D eigenvalue weighted by molar-refractivity contribution is -0.123. The van der Waals surface area contributed by atoms with Crippen molar-refractivity contribution in [3.05, 3.63) is 18.3 Å². The zero-order valence-electron chi connectivity index (χ0n) is 9.90. The number of ether oxygens (including phenoxy) is 1. The lowest BCUT2D eigenvalue weighted by atomic mass is 9.77. The van der Waals surface area contributed by atoms with Crippen LogP contribution in [-0.2, 0) is 4.79 Å². The summed E-state index contributed by atoms with van der Waals surface area (Å²) in [6.45, 7) is 2.47. The summed E-state index contributed by atoms with van der Waals surface area (Å²) in [7, 11) is 0. The van der Waals surface area contributed by atoms with Gasteiger partial charge >= 0.3 is 0 Å². The Morgan fingerprint density at radius 3 is 2.82 bits per heavy atom. The van der Waals surface area contributed by atoms with Gasteiger partial charge in [0, 0.05) is 6.07 Å². The zero-order chi connectivity index (χ0) is 12.3. The lowest BCUT2D eigenvalue weighted by Gasteiger charge is -2.36. The molecule has 5 heteroatoms. The molecule has 1 aromatic rings. The minimum Gasteiger partial charge on any atom is -0.478 e. The van der Waals surface area contributed by atoms with Crippen molar-refractivity contribution in [3.63, 3.8) is 0 Å². The van der Waals surface area contributed by atoms with E-state index >= 15 is 0 Å². The smallest absolute Gasteiger partial charge is 0.244 e. The Kier molecular flexibility index (Phi) is 3.28. The van der Waals surface area contributed by atoms with E-state index < -0.39 is 5.54 Å². The van der Waals surface area contributed by atoms with E-state index in [0.29, 0.717) is 18.2 Å². The van der Waals surface area contributed by atoms with Crippen LogP contribution in [0.5, 0.6) is 5.88 Å². The van der Waals surface area contributed by atoms with E-state index in [4.69, 9.17) is 10.5 Å². The van der Waals surface area contributed by atoms with Crippen molar-refractivity contribution in [2.24, 2.45) is 5.73 Å². The van der Waals surface area contributed by atoms with Crippen molar-refractivity contribution in [1.29, 1.82) is 0 Å². The van der Waals surface area contributed by atoms with Gasteiger partial charge in [0.1, 0.15) is 0 Å². The first-order chi connectivity index (χ1) is 8.14. The Hall–Kier alpha value is -1.62. The molecule has 0 radical (unpaired) electrons. The molecule has 1 amide bonds. The molecule has 0 aromatic carbocycles. The second-order valence-corrected chi connectivity index (χ2v) is 4.28. The van der Waals surface area contributed by atoms with Crippen molar-refractivity contribution in [1.82, 2.24) is 4.98 Å². The average Bonchev–Trinajstić information content (AvgIpc) is 2.29. The number of pyridine rings is 1. The van der Waals surface area contributed by atoms with Gasteiger partial charge in [-0.3, -0.25) is 4.79 Å². The van der Waals surface area contributed by atoms with E-state index in [1.807, 2.05) is 6.92 Å². The molecule has 0 spiro atoms. The highest BCUT2D eigenvalue weighted by atomic mass is 16.5. The molecule has 1 aliphatic carbocycles. The van der Waals surface area contributed by atoms with Crippen LogP contribution in [0.1, 0.15) is 26.2 Å². The molecule has 2 rings (SSSR count). The third-order valence-corrected chi connectivity index (χ3v) is 2.98. The van der Waals surface area contributed by atoms with Gasteiger partial charge in [-0.2, -0.15) is 0 Å². The Bertz CT molecular complexity index is 399. The Labute approximate surface area is 100 Å². The van der Waals surface area contributed by atoms with Crippen LogP contribution >= 0.6 is 0 Å². The van der Waals surface area contributed by atoms with Gasteiger partial charge in [0.2, 0.25) is 11.8 Å². The molecule has 3 N–H and O–H groups in total. The van der Waals surface area contributed by atoms with E-state index in [1.54, 1.807) is 18.3 Å². The maximum absolute atomic E-state index is 11.8. The monoisotopic (exact) mass is 235 g/mol. The van der Waals surface area contributed by atoms with Gasteiger partial charge in [-0.15, -0.1) is 0 Å². The van der Waals surface area contributed by atoms with Crippen LogP contribution in [0, 0.1) is 0 Å². The number of aromatic nitrogens is 1. The van der Waals surface area contributed by atoms with Crippen LogP contribution in [0.2, 0.25) is 0 Å². The number of amides is 1. The zero-order valence-corrected chi connectivity index (χ0v) is 9.90. The Morgan fingerprint density at radius 2 is 2.35 bits per heavy atom. The van der Waals surface area contributed by atoms with Crippen molar-refractivity contribution >= 4 is 11.6 Å². The molecule has 0 aliphatic heterocycles. The molecule has 1 saturated carbocycles. The number of hydrogen-bond donors (Lipinski definition) is 2. The van der Waals surface area contributed by atoms with E-state index in [2.05, 4.69) is 10.3 Å². The molecule has 0 atom stereocenters. The number of anilines is 1. The first-order valence-corrected chi connectivity index (χ1v) is 5.83. The standard InChI is InChI=1S/C12H17N3O2/c1-2-17-10-5-4-9(8-14-10)15-11(16)12(13)6-3-7-12/h4-5,8H,2-3,6-7,13H2,1H3,(H,15,16). The second-order valence-electron chi connectivity index (χ2n) is 4.28. The summed E-state index contributed by atoms with van der Waals surface area (Å²) in [5.41, 5.74) is 5.88. The first-order valence-electron chi connectivity index (χ1n) is 5.83. The maximum atomic E-state index is 11.8. The minimum absolute atomic E-state index is 0.130. The fourth-order valence-electron chi connectivity index (χ4n) is 1.73. The summed E-state index contributed by atoms with van der Waals surface area (Å²) in [4.78, 5) is 15.9. The Morgan fingerprint density at radius 1 is 1.59 bits per heavy atom. The van der Waals surface area contributed by atoms with Crippen molar-refractivity contribution in [2.45, 2.75) is 31.7 Å². The summed E-state index contributed by atoms with van der Waals surface area (Å²) in [5, 5.41) is 2.77. The molecule has 0 bridgehead atoms. The van der Waals surface area contributed by atoms with Crippen LogP contribution < -0.4 is 15.8 Å². The van der Waals surface area contributed by atoms with E-state index in [1.165, 1.54) is 0 Å². The van der Waals surface area contributed by atoms with Crippen LogP contribution in [0.3, 0.4) is 0 Å². The van der Waals surface area contributed by atoms with Crippen molar-refractivity contribution in [2.75, 3.05) is 11.9 Å². The summed E-state index contributed by atoms with van der Waals surface area (Å²) >= 11 is 0. The average molecular weight is 235 g/mol. The van der Waals surface area contributed by atoms with Crippen LogP contribution in [0.25, 0.3) is 0 Å². The Balaban J connectivity index is 1.96. The molecular formula is C12H17N3O2. The normalized spacial score (nSPS) is 17.1. The molecule has 0 saturated heterocycles. The minimum atomic E-state index is -0.682. The maximum Gasteiger partial charge on any atom is 0.244 e. The van der Waals surface area contributed by atoms with Crippen molar-refractivity contribution in [3.8, 4) is 5.88 Å². The summed E-state index contributed by atoms with van der Waals surface area (Å²) < 4.78 is 5.22. The molecule has 1 aliphatic rings. The molecule has 1 heterocycles. The van der Waals surface area contributed by atoms with Gasteiger partial charge in [0.15, 0.2) is 0 Å². The highest BCUT2D eigenvalue weighted by molar-refractivity contribution is 5.98. The molecule has 1 fully saturated rings. The van der Waals surface area contributed by atoms with Gasteiger partial charge in [-0.25, -0.2) is 4.98 Å². The van der Waals surface area contributed by atoms with Crippen LogP contribution in [0.4, 0.5) is 5.69 Å². The van der Waals surface area contributed by atoms with Crippen LogP contribution in [-0.4, -0.2) is 23.0 Å². The second kappa shape index (κ2) is 4.71. The highest BCUT2D eigenvalue weighted by Gasteiger charge is 2.40. The summed E-state index contributed by atoms with van der Waals surface area (Å²) in [6, 6.07) is 3.49. The van der Waals surface area contributed by atoms with Gasteiger partial charge in [-0.1, -0.05) is 0 Å². The molecule has 17 heavy (non-hydrogen) atoms. The number of hydrogen-bond acceptors (Lipinski definition) is 4. The number of nitrogens with one attached hydrogen (secondary N) is 1. The largest absolute Gasteiger partial charge is 0.478 e. The van der Waals surface area contributed by atoms with E-state index in [0.717, 1.165) is 19.3 Å². The third kappa shape index (κ3) is 2.55. The number of carbonyl (C=O) groups excluding carboxylic acids is 1. The molecule has 92 valence electrons. The quantitative estimate of drug-likeness (QED) is 0.824. The predicted molar refractivity (Wildman–Crippen MR) is 64.8 cm³/mol. The molecular weight excluding hydrogens is 218 g/mol. The topological polar surface area (TPSA) is 77.2 Å². The van der Waals surface area contributed by atoms with Crippen molar-refractivity contribution < 1.29 is 9.53 Å². The number of carbonyl (C=O) groups is 1. The molecule has 0 unspecified atom stereocenters. The fourth-order valence-corrected chi connectivity index (χ4v) is 1.73. The summed E-state index contributed by atoms with van der Waals surface area (Å²) in [5.74, 6) is 0.423. The highest BCUT2D eigenvalue weighted by Crippen LogP contribution is 2.30. The SMILES string of the molecule is CCOc1ccc(NC(=O)C2(N)CCC2)cn1. The lowest BCUT2D eigenvalue weighted by Crippen LogP contribution is -2.56. The van der Waals surface area contributed by atoms with E-state index in [-0.39, 0.29) is 5.91 Å². The number of rotatable bonds is 4. The summed E-state index contributed by atoms with van der Waals surface area (Å²) in [6.07, 6.45) is 4.10. The predicted octanol–water partition coefficient (Wildman–Crippen LogP) is 1.30. The van der Waals surface area contributed by atoms with Gasteiger partial charge in [0.25, 0.3) is 0 Å². The number of nitrogens with zero attached hydrogens (tertiary/aromatic N) is 1. The number of nitrogens with two attached hydrogens (primary N) is 1.